The standard InChI is InChI=1S/C11H12BrN3O3S2/c12-7-3-13-10(20-7)14-11(18)15-6(9(16)17)4-19-8(15)5-1-2-5/h3,5-6,8H,1-2,4H2,(H,16,17)(H,13,14,18). The van der Waals surface area contributed by atoms with Crippen molar-refractivity contribution in [2.24, 2.45) is 5.92 Å². The first-order chi connectivity index (χ1) is 9.56. The highest BCUT2D eigenvalue weighted by molar-refractivity contribution is 9.11. The van der Waals surface area contributed by atoms with Crippen LogP contribution in [0.25, 0.3) is 0 Å². The zero-order chi connectivity index (χ0) is 14.3. The van der Waals surface area contributed by atoms with Gasteiger partial charge in [0.15, 0.2) is 5.13 Å². The van der Waals surface area contributed by atoms with Gasteiger partial charge in [0, 0.05) is 5.75 Å². The van der Waals surface area contributed by atoms with E-state index in [1.54, 1.807) is 18.0 Å². The van der Waals surface area contributed by atoms with Crippen LogP contribution >= 0.6 is 39.0 Å². The highest BCUT2D eigenvalue weighted by Gasteiger charge is 2.48. The number of hydrogen-bond donors (Lipinski definition) is 2. The van der Waals surface area contributed by atoms with Crippen LogP contribution in [0, 0.1) is 5.92 Å². The Bertz CT molecular complexity index is 549. The van der Waals surface area contributed by atoms with Gasteiger partial charge in [0.05, 0.1) is 15.4 Å². The van der Waals surface area contributed by atoms with Gasteiger partial charge in [-0.15, -0.1) is 11.8 Å². The summed E-state index contributed by atoms with van der Waals surface area (Å²) in [5.74, 6) is -0.0693. The SMILES string of the molecule is O=C(O)C1CSC(C2CC2)N1C(=O)Nc1ncc(Br)s1. The first kappa shape index (κ1) is 14.2. The molecule has 1 saturated carbocycles. The Morgan fingerprint density at radius 2 is 2.25 bits per heavy atom. The predicted molar refractivity (Wildman–Crippen MR) is 81.1 cm³/mol. The number of carbonyl (C=O) groups is 2. The van der Waals surface area contributed by atoms with Gasteiger partial charge in [-0.25, -0.2) is 14.6 Å². The van der Waals surface area contributed by atoms with Gasteiger partial charge in [0.25, 0.3) is 0 Å². The van der Waals surface area contributed by atoms with Crippen LogP contribution in [-0.4, -0.2) is 44.2 Å². The van der Waals surface area contributed by atoms with Crippen molar-refractivity contribution in [1.29, 1.82) is 0 Å². The second kappa shape index (κ2) is 5.53. The summed E-state index contributed by atoms with van der Waals surface area (Å²) in [6.07, 6.45) is 3.74. The summed E-state index contributed by atoms with van der Waals surface area (Å²) in [6.45, 7) is 0. The minimum atomic E-state index is -0.948. The zero-order valence-corrected chi connectivity index (χ0v) is 13.5. The number of thiazole rings is 1. The maximum Gasteiger partial charge on any atom is 0.327 e. The Balaban J connectivity index is 1.76. The largest absolute Gasteiger partial charge is 0.480 e. The molecule has 20 heavy (non-hydrogen) atoms. The van der Waals surface area contributed by atoms with Crippen molar-refractivity contribution < 1.29 is 14.7 Å². The topological polar surface area (TPSA) is 82.5 Å². The number of carbonyl (C=O) groups excluding carboxylic acids is 1. The van der Waals surface area contributed by atoms with Crippen LogP contribution in [0.2, 0.25) is 0 Å². The molecule has 2 unspecified atom stereocenters. The fraction of sp³-hybridized carbons (Fsp3) is 0.545. The molecule has 2 aliphatic rings. The van der Waals surface area contributed by atoms with Gasteiger partial charge in [-0.05, 0) is 34.7 Å². The van der Waals surface area contributed by atoms with Crippen LogP contribution in [0.5, 0.6) is 0 Å². The van der Waals surface area contributed by atoms with Gasteiger partial charge in [0.1, 0.15) is 6.04 Å². The van der Waals surface area contributed by atoms with Crippen molar-refractivity contribution in [3.63, 3.8) is 0 Å². The molecule has 2 atom stereocenters. The molecular formula is C11H12BrN3O3S2. The molecular weight excluding hydrogens is 366 g/mol. The van der Waals surface area contributed by atoms with E-state index in [0.717, 1.165) is 16.6 Å². The number of halogens is 1. The molecule has 6 nitrogen and oxygen atoms in total. The number of carboxylic acids is 1. The number of hydrogen-bond acceptors (Lipinski definition) is 5. The van der Waals surface area contributed by atoms with Crippen molar-refractivity contribution in [2.45, 2.75) is 24.3 Å². The van der Waals surface area contributed by atoms with Gasteiger partial charge in [-0.2, -0.15) is 0 Å². The minimum absolute atomic E-state index is 0.0282. The molecule has 108 valence electrons. The number of urea groups is 1. The second-order valence-electron chi connectivity index (χ2n) is 4.72. The van der Waals surface area contributed by atoms with Gasteiger partial charge < -0.3 is 5.11 Å². The van der Waals surface area contributed by atoms with Crippen LogP contribution in [0.3, 0.4) is 0 Å². The molecule has 1 saturated heterocycles. The molecule has 2 heterocycles. The maximum absolute atomic E-state index is 12.4. The number of nitrogens with zero attached hydrogens (tertiary/aromatic N) is 2. The Labute approximate surface area is 132 Å². The number of nitrogens with one attached hydrogen (secondary N) is 1. The van der Waals surface area contributed by atoms with E-state index < -0.39 is 12.0 Å². The van der Waals surface area contributed by atoms with E-state index in [1.807, 2.05) is 0 Å². The van der Waals surface area contributed by atoms with Crippen molar-refractivity contribution in [3.8, 4) is 0 Å². The minimum Gasteiger partial charge on any atom is -0.480 e. The van der Waals surface area contributed by atoms with E-state index in [1.165, 1.54) is 16.2 Å². The highest BCUT2D eigenvalue weighted by atomic mass is 79.9. The summed E-state index contributed by atoms with van der Waals surface area (Å²) in [5, 5.41) is 12.4. The molecule has 0 radical (unpaired) electrons. The van der Waals surface area contributed by atoms with Crippen molar-refractivity contribution in [1.82, 2.24) is 9.88 Å². The van der Waals surface area contributed by atoms with Crippen LogP contribution in [0.15, 0.2) is 9.98 Å². The Morgan fingerprint density at radius 1 is 1.50 bits per heavy atom. The summed E-state index contributed by atoms with van der Waals surface area (Å²) >= 11 is 6.14. The normalized spacial score (nSPS) is 25.8. The lowest BCUT2D eigenvalue weighted by Gasteiger charge is -2.26. The van der Waals surface area contributed by atoms with E-state index in [-0.39, 0.29) is 11.4 Å². The first-order valence-electron chi connectivity index (χ1n) is 6.11. The van der Waals surface area contributed by atoms with E-state index in [9.17, 15) is 14.7 Å². The van der Waals surface area contributed by atoms with Gasteiger partial charge >= 0.3 is 12.0 Å². The molecule has 2 N–H and O–H groups in total. The molecule has 1 aromatic rings. The zero-order valence-electron chi connectivity index (χ0n) is 10.3. The predicted octanol–water partition coefficient (Wildman–Crippen LogP) is 2.68. The lowest BCUT2D eigenvalue weighted by molar-refractivity contribution is -0.141. The molecule has 1 aliphatic carbocycles. The van der Waals surface area contributed by atoms with E-state index in [2.05, 4.69) is 26.2 Å². The summed E-state index contributed by atoms with van der Waals surface area (Å²) in [7, 11) is 0. The number of thioether (sulfide) groups is 1. The van der Waals surface area contributed by atoms with Crippen molar-refractivity contribution >= 4 is 56.2 Å². The Kier molecular flexibility index (Phi) is 3.91. The lowest BCUT2D eigenvalue weighted by atomic mass is 10.2. The average molecular weight is 378 g/mol. The number of amides is 2. The molecule has 1 aliphatic heterocycles. The Hall–Kier alpha value is -0.800. The average Bonchev–Trinajstić information content (AvgIpc) is 3.00. The molecule has 9 heteroatoms. The number of rotatable bonds is 3. The number of aliphatic carboxylic acids is 1. The molecule has 2 amide bonds. The van der Waals surface area contributed by atoms with Gasteiger partial charge in [-0.3, -0.25) is 10.2 Å². The first-order valence-corrected chi connectivity index (χ1v) is 8.77. The van der Waals surface area contributed by atoms with E-state index in [0.29, 0.717) is 16.8 Å². The van der Waals surface area contributed by atoms with Crippen LogP contribution < -0.4 is 5.32 Å². The number of carboxylic acid groups (broad SMARTS) is 1. The monoisotopic (exact) mass is 377 g/mol. The molecule has 3 rings (SSSR count). The fourth-order valence-corrected chi connectivity index (χ4v) is 4.91. The van der Waals surface area contributed by atoms with Gasteiger partial charge in [0.2, 0.25) is 0 Å². The highest BCUT2D eigenvalue weighted by Crippen LogP contribution is 2.45. The van der Waals surface area contributed by atoms with Crippen LogP contribution in [0.1, 0.15) is 12.8 Å². The summed E-state index contributed by atoms with van der Waals surface area (Å²) in [6, 6.07) is -1.13. The van der Waals surface area contributed by atoms with E-state index in [4.69, 9.17) is 0 Å². The second-order valence-corrected chi connectivity index (χ2v) is 8.28. The van der Waals surface area contributed by atoms with Crippen LogP contribution in [0.4, 0.5) is 9.93 Å². The summed E-state index contributed by atoms with van der Waals surface area (Å²) in [5.41, 5.74) is 0. The molecule has 0 aromatic carbocycles. The molecule has 0 bridgehead atoms. The molecule has 0 spiro atoms. The van der Waals surface area contributed by atoms with Gasteiger partial charge in [-0.1, -0.05) is 11.3 Å². The third-order valence-corrected chi connectivity index (χ3v) is 6.12. The Morgan fingerprint density at radius 3 is 2.80 bits per heavy atom. The lowest BCUT2D eigenvalue weighted by Crippen LogP contribution is -2.48. The molecule has 1 aromatic heterocycles. The van der Waals surface area contributed by atoms with Crippen LogP contribution in [-0.2, 0) is 4.79 Å². The number of aromatic nitrogens is 1. The third kappa shape index (κ3) is 2.79. The quantitative estimate of drug-likeness (QED) is 0.845. The molecule has 2 fully saturated rings. The summed E-state index contributed by atoms with van der Waals surface area (Å²) < 4.78 is 0.817. The third-order valence-electron chi connectivity index (χ3n) is 3.27. The fourth-order valence-electron chi connectivity index (χ4n) is 2.19. The van der Waals surface area contributed by atoms with E-state index >= 15 is 0 Å². The summed E-state index contributed by atoms with van der Waals surface area (Å²) in [4.78, 5) is 29.2. The van der Waals surface area contributed by atoms with Crippen molar-refractivity contribution in [3.05, 3.63) is 9.98 Å². The van der Waals surface area contributed by atoms with Crippen molar-refractivity contribution in [2.75, 3.05) is 11.1 Å². The maximum atomic E-state index is 12.4. The number of anilines is 1. The smallest absolute Gasteiger partial charge is 0.327 e.